The van der Waals surface area contributed by atoms with Crippen molar-refractivity contribution in [1.82, 2.24) is 60.0 Å². The molecule has 760 valence electrons. The van der Waals surface area contributed by atoms with Crippen LogP contribution >= 0.6 is 183 Å². The maximum atomic E-state index is 10.3. The maximum absolute atomic E-state index is 10.3. The summed E-state index contributed by atoms with van der Waals surface area (Å²) in [5, 5.41) is 113. The molecule has 0 amide bonds. The van der Waals surface area contributed by atoms with Crippen LogP contribution in [-0.4, -0.2) is 202 Å². The second kappa shape index (κ2) is 56.5. The highest BCUT2D eigenvalue weighted by Crippen LogP contribution is 2.43. The van der Waals surface area contributed by atoms with Crippen molar-refractivity contribution in [1.29, 1.82) is 0 Å². The van der Waals surface area contributed by atoms with Crippen molar-refractivity contribution in [2.24, 2.45) is 23.7 Å². The van der Waals surface area contributed by atoms with Crippen molar-refractivity contribution >= 4 is 183 Å². The molecule has 8 N–H and O–H groups in total. The molecular formula is C100H120Cl8I4N12O16. The molecule has 2 unspecified atom stereocenters. The van der Waals surface area contributed by atoms with Gasteiger partial charge in [0.2, 0.25) is 0 Å². The average molecular weight is 2520 g/mol. The molecule has 12 rings (SSSR count). The second-order valence-electron chi connectivity index (χ2n) is 36.0. The molecule has 4 heterocycles. The first-order chi connectivity index (χ1) is 66.6. The van der Waals surface area contributed by atoms with E-state index < -0.39 is 24.4 Å². The van der Waals surface area contributed by atoms with Crippen LogP contribution in [-0.2, 0) is 74.3 Å². The Morgan fingerprint density at radius 2 is 0.443 bits per heavy atom. The first-order valence-electron chi connectivity index (χ1n) is 45.0. The smallest absolute Gasteiger partial charge is 0.149 e. The molecule has 0 aliphatic carbocycles. The minimum absolute atomic E-state index is 0.0868. The Hall–Kier alpha value is -6.36. The summed E-state index contributed by atoms with van der Waals surface area (Å²) >= 11 is 57.4. The monoisotopic (exact) mass is 2520 g/mol. The number of benzene rings is 8. The highest BCUT2D eigenvalue weighted by molar-refractivity contribution is 14.1. The lowest BCUT2D eigenvalue weighted by Crippen LogP contribution is -2.25. The van der Waals surface area contributed by atoms with Crippen molar-refractivity contribution in [2.45, 2.75) is 182 Å². The van der Waals surface area contributed by atoms with Gasteiger partial charge in [0.1, 0.15) is 112 Å². The quantitative estimate of drug-likeness (QED) is 0.0130. The van der Waals surface area contributed by atoms with Gasteiger partial charge in [0, 0.05) is 68.9 Å². The molecule has 8 atom stereocenters. The molecule has 0 aliphatic heterocycles. The van der Waals surface area contributed by atoms with Crippen LogP contribution in [0.5, 0.6) is 46.0 Å². The van der Waals surface area contributed by atoms with Crippen LogP contribution in [0.4, 0.5) is 0 Å². The molecule has 0 fully saturated rings. The average Bonchev–Trinajstić information content (AvgIpc) is 1.55. The summed E-state index contributed by atoms with van der Waals surface area (Å²) in [5.41, 5.74) is 9.71. The van der Waals surface area contributed by atoms with Gasteiger partial charge in [-0.1, -0.05) is 223 Å². The normalized spacial score (nSPS) is 13.5. The van der Waals surface area contributed by atoms with E-state index in [1.54, 1.807) is 0 Å². The van der Waals surface area contributed by atoms with Gasteiger partial charge in [-0.2, -0.15) is 0 Å². The molecule has 12 aromatic rings. The fraction of sp³-hybridized carbons (Fsp3) is 0.440. The first kappa shape index (κ1) is 117. The third kappa shape index (κ3) is 33.8. The number of aliphatic hydroxyl groups is 8. The van der Waals surface area contributed by atoms with E-state index in [1.165, 1.54) is 18.7 Å². The second-order valence-corrected chi connectivity index (χ2v) is 42.9. The number of nitrogens with zero attached hydrogens (tertiary/aromatic N) is 12. The Balaban J connectivity index is 0.000000209. The Labute approximate surface area is 912 Å². The molecule has 0 bridgehead atoms. The van der Waals surface area contributed by atoms with E-state index in [0.717, 1.165) is 44.5 Å². The summed E-state index contributed by atoms with van der Waals surface area (Å²) in [6.07, 6.45) is -3.21. The van der Waals surface area contributed by atoms with E-state index in [0.29, 0.717) is 154 Å². The fourth-order valence-corrected chi connectivity index (χ4v) is 17.3. The summed E-state index contributed by atoms with van der Waals surface area (Å²) in [6.45, 7) is 27.5. The van der Waals surface area contributed by atoms with Gasteiger partial charge in [-0.05, 0) is 232 Å². The molecule has 0 saturated carbocycles. The number of alkyl halides is 4. The molecule has 140 heavy (non-hydrogen) atoms. The van der Waals surface area contributed by atoms with Crippen molar-refractivity contribution in [3.05, 3.63) is 272 Å². The van der Waals surface area contributed by atoms with Gasteiger partial charge < -0.3 is 78.7 Å². The van der Waals surface area contributed by atoms with Crippen molar-refractivity contribution < 1.29 is 78.7 Å². The number of hydrogen-bond donors (Lipinski definition) is 8. The van der Waals surface area contributed by atoms with Gasteiger partial charge >= 0.3 is 0 Å². The zero-order valence-corrected chi connectivity index (χ0v) is 94.4. The lowest BCUT2D eigenvalue weighted by molar-refractivity contribution is 0.0865. The molecule has 0 aliphatic rings. The van der Waals surface area contributed by atoms with E-state index in [4.69, 9.17) is 131 Å². The summed E-state index contributed by atoms with van der Waals surface area (Å²) in [6, 6.07) is 54.6. The predicted molar refractivity (Wildman–Crippen MR) is 582 cm³/mol. The van der Waals surface area contributed by atoms with Crippen LogP contribution < -0.4 is 37.9 Å². The summed E-state index contributed by atoms with van der Waals surface area (Å²) in [4.78, 5) is 0. The highest BCUT2D eigenvalue weighted by atomic mass is 123. The molecule has 4 aromatic heterocycles. The minimum Gasteiger partial charge on any atom is -0.492 e. The third-order valence-electron chi connectivity index (χ3n) is 23.1. The van der Waals surface area contributed by atoms with E-state index in [2.05, 4.69) is 96.6 Å². The summed E-state index contributed by atoms with van der Waals surface area (Å²) in [5.74, 6) is 8.31. The van der Waals surface area contributed by atoms with Crippen molar-refractivity contribution in [2.75, 3.05) is 76.4 Å². The first-order valence-corrected chi connectivity index (χ1v) is 52.9. The van der Waals surface area contributed by atoms with Gasteiger partial charge in [-0.25, -0.2) is 18.7 Å². The topological polar surface area (TPSA) is 359 Å². The van der Waals surface area contributed by atoms with Gasteiger partial charge in [-0.15, -0.1) is 66.8 Å². The van der Waals surface area contributed by atoms with Crippen LogP contribution in [0.3, 0.4) is 0 Å². The number of rotatable bonds is 48. The number of aromatic nitrogens is 12. The fourth-order valence-electron chi connectivity index (χ4n) is 13.9. The SMILES string of the molecule is CC(CCl)COc1ccc(C(C)(C)c2ccc(OCC(O)Cn3nnc([123I])c3CO)cc2)cc1Cl.C[C@@H](CCl)COc1ccc(C(C)(C)c2ccc(OC[C@@H](O)Cn3nnc([123I])c3CO)cc2)cc1Cl.C[C@@H](CCl)COc1ccc(C(C)(C)c2ccc(OC[C@H](O)Cn3nnc([123I])c3CO)cc2)cc1Cl.C[C@H](CCl)COc1ccc(C(C)(C)c2ccc(OC[C@H](O)Cn3nnc([123I])c3CO)cc2)cc1Cl. The van der Waals surface area contributed by atoms with Crippen LogP contribution in [0.1, 0.15) is 150 Å². The van der Waals surface area contributed by atoms with Crippen LogP contribution in [0.15, 0.2) is 170 Å². The molecular weight excluding hydrogens is 2400 g/mol. The van der Waals surface area contributed by atoms with E-state index in [1.807, 2.05) is 288 Å². The number of halogens is 12. The highest BCUT2D eigenvalue weighted by Gasteiger charge is 2.31. The van der Waals surface area contributed by atoms with E-state index >= 15 is 0 Å². The van der Waals surface area contributed by atoms with E-state index in [-0.39, 0.29) is 124 Å². The Kier molecular flexibility index (Phi) is 47.3. The van der Waals surface area contributed by atoms with Crippen LogP contribution in [0.2, 0.25) is 20.1 Å². The minimum atomic E-state index is -0.802. The Morgan fingerprint density at radius 1 is 0.271 bits per heavy atom. The third-order valence-corrected chi connectivity index (χ3v) is 29.8. The lowest BCUT2D eigenvalue weighted by atomic mass is 9.78. The standard InChI is InChI=1S/4C25H30Cl2IN3O4/c4*1-16(11-26)14-35-23-9-6-18(10-21(23)27)25(2,3)17-4-7-20(8-5-17)34-15-19(33)12-31-22(13-32)24(28)29-30-31/h4*4-10,16,19,32-33H,11-15H2,1-3H3/t16-,19+;2*16-,19-;/m010./s1/i4*28-4. The van der Waals surface area contributed by atoms with Gasteiger partial charge in [0.05, 0.1) is 122 Å². The summed E-state index contributed by atoms with van der Waals surface area (Å²) in [7, 11) is 0. The lowest BCUT2D eigenvalue weighted by Gasteiger charge is -2.27. The zero-order chi connectivity index (χ0) is 102. The number of ether oxygens (including phenoxy) is 8. The van der Waals surface area contributed by atoms with Crippen molar-refractivity contribution in [3.63, 3.8) is 0 Å². The number of aliphatic hydroxyl groups excluding tert-OH is 8. The molecule has 0 radical (unpaired) electrons. The predicted octanol–water partition coefficient (Wildman–Crippen LogP) is 20.2. The molecule has 8 aromatic carbocycles. The maximum Gasteiger partial charge on any atom is 0.149 e. The molecule has 0 saturated heterocycles. The summed E-state index contributed by atoms with van der Waals surface area (Å²) < 4.78 is 54.6. The largest absolute Gasteiger partial charge is 0.492 e. The van der Waals surface area contributed by atoms with Gasteiger partial charge in [0.15, 0.2) is 0 Å². The molecule has 28 nitrogen and oxygen atoms in total. The van der Waals surface area contributed by atoms with Gasteiger partial charge in [0.25, 0.3) is 0 Å². The van der Waals surface area contributed by atoms with Gasteiger partial charge in [-0.3, -0.25) is 0 Å². The van der Waals surface area contributed by atoms with Crippen LogP contribution in [0.25, 0.3) is 0 Å². The zero-order valence-electron chi connectivity index (χ0n) is 79.7. The Bertz CT molecular complexity index is 5140. The number of hydrogen-bond acceptors (Lipinski definition) is 24. The van der Waals surface area contributed by atoms with E-state index in [9.17, 15) is 40.9 Å². The Morgan fingerprint density at radius 3 is 0.600 bits per heavy atom. The molecule has 40 heteroatoms. The van der Waals surface area contributed by atoms with Crippen molar-refractivity contribution in [3.8, 4) is 46.0 Å². The molecule has 0 spiro atoms. The van der Waals surface area contributed by atoms with Crippen LogP contribution in [0, 0.1) is 38.5 Å².